The van der Waals surface area contributed by atoms with Crippen LogP contribution in [0.3, 0.4) is 0 Å². The third-order valence-corrected chi connectivity index (χ3v) is 8.07. The van der Waals surface area contributed by atoms with Crippen LogP contribution in [0.25, 0.3) is 0 Å². The zero-order valence-corrected chi connectivity index (χ0v) is 24.0. The van der Waals surface area contributed by atoms with Crippen LogP contribution in [0.4, 0.5) is 5.69 Å². The van der Waals surface area contributed by atoms with Gasteiger partial charge in [0, 0.05) is 23.1 Å². The molecule has 1 N–H and O–H groups in total. The smallest absolute Gasteiger partial charge is 0.244 e. The molecule has 11 heteroatoms. The lowest BCUT2D eigenvalue weighted by Gasteiger charge is -2.32. The van der Waals surface area contributed by atoms with Crippen molar-refractivity contribution in [3.63, 3.8) is 0 Å². The number of anilines is 1. The Labute approximate surface area is 227 Å². The minimum Gasteiger partial charge on any atom is -0.497 e. The highest BCUT2D eigenvalue weighted by Gasteiger charge is 2.32. The maximum absolute atomic E-state index is 13.7. The molecule has 0 radical (unpaired) electrons. The van der Waals surface area contributed by atoms with Gasteiger partial charge in [0.15, 0.2) is 0 Å². The Morgan fingerprint density at radius 2 is 1.81 bits per heavy atom. The monoisotopic (exact) mass is 595 g/mol. The number of benzene rings is 2. The van der Waals surface area contributed by atoms with E-state index >= 15 is 0 Å². The van der Waals surface area contributed by atoms with Crippen molar-refractivity contribution in [2.75, 3.05) is 31.3 Å². The number of rotatable bonds is 11. The Morgan fingerprint density at radius 3 is 2.41 bits per heavy atom. The van der Waals surface area contributed by atoms with Crippen LogP contribution in [-0.2, 0) is 26.2 Å². The number of hydrogen-bond donors (Lipinski definition) is 1. The highest BCUT2D eigenvalue weighted by atomic mass is 79.9. The number of nitrogens with zero attached hydrogens (tertiary/aromatic N) is 2. The first-order valence-corrected chi connectivity index (χ1v) is 14.7. The topological polar surface area (TPSA) is 105 Å². The van der Waals surface area contributed by atoms with Crippen LogP contribution >= 0.6 is 15.9 Å². The fraction of sp³-hybridized carbons (Fsp3) is 0.462. The SMILES string of the molecule is COc1ccc(N(CC(=O)N(Cc2cccc(Br)c2)C(C)C(=O)NC2CCCC2)S(C)(=O)=O)c(OC)c1. The quantitative estimate of drug-likeness (QED) is 0.424. The van der Waals surface area contributed by atoms with Crippen LogP contribution in [0.5, 0.6) is 11.5 Å². The van der Waals surface area contributed by atoms with E-state index in [2.05, 4.69) is 21.2 Å². The van der Waals surface area contributed by atoms with Crippen molar-refractivity contribution in [3.8, 4) is 11.5 Å². The molecule has 1 aliphatic carbocycles. The van der Waals surface area contributed by atoms with Gasteiger partial charge in [-0.15, -0.1) is 0 Å². The number of ether oxygens (including phenoxy) is 2. The van der Waals surface area contributed by atoms with Gasteiger partial charge in [-0.3, -0.25) is 13.9 Å². The van der Waals surface area contributed by atoms with Gasteiger partial charge in [-0.05, 0) is 49.6 Å². The molecule has 2 amide bonds. The lowest BCUT2D eigenvalue weighted by Crippen LogP contribution is -2.52. The Bertz CT molecular complexity index is 1220. The van der Waals surface area contributed by atoms with Gasteiger partial charge in [0.05, 0.1) is 26.2 Å². The molecule has 1 fully saturated rings. The van der Waals surface area contributed by atoms with E-state index in [1.165, 1.54) is 25.2 Å². The summed E-state index contributed by atoms with van der Waals surface area (Å²) in [5.74, 6) is -0.0578. The normalized spacial score (nSPS) is 14.6. The van der Waals surface area contributed by atoms with E-state index in [0.717, 1.165) is 46.3 Å². The number of amides is 2. The summed E-state index contributed by atoms with van der Waals surface area (Å²) in [6.45, 7) is 1.30. The number of halogens is 1. The number of hydrogen-bond acceptors (Lipinski definition) is 6. The van der Waals surface area contributed by atoms with E-state index in [9.17, 15) is 18.0 Å². The molecule has 2 aromatic rings. The zero-order valence-electron chi connectivity index (χ0n) is 21.6. The summed E-state index contributed by atoms with van der Waals surface area (Å²) in [6, 6.07) is 11.4. The van der Waals surface area contributed by atoms with Crippen LogP contribution < -0.4 is 19.1 Å². The lowest BCUT2D eigenvalue weighted by atomic mass is 10.1. The molecule has 0 saturated heterocycles. The van der Waals surface area contributed by atoms with E-state index in [1.807, 2.05) is 24.3 Å². The molecule has 1 atom stereocenters. The van der Waals surface area contributed by atoms with Gasteiger partial charge < -0.3 is 19.7 Å². The largest absolute Gasteiger partial charge is 0.497 e. The van der Waals surface area contributed by atoms with E-state index < -0.39 is 28.5 Å². The summed E-state index contributed by atoms with van der Waals surface area (Å²) in [7, 11) is -0.983. The van der Waals surface area contributed by atoms with Crippen molar-refractivity contribution in [1.29, 1.82) is 0 Å². The number of sulfonamides is 1. The van der Waals surface area contributed by atoms with E-state index in [-0.39, 0.29) is 29.9 Å². The second-order valence-corrected chi connectivity index (χ2v) is 11.9. The fourth-order valence-electron chi connectivity index (χ4n) is 4.39. The Hall–Kier alpha value is -2.79. The molecule has 0 aromatic heterocycles. The summed E-state index contributed by atoms with van der Waals surface area (Å²) in [4.78, 5) is 28.3. The van der Waals surface area contributed by atoms with Crippen LogP contribution in [0.15, 0.2) is 46.9 Å². The first-order chi connectivity index (χ1) is 17.5. The summed E-state index contributed by atoms with van der Waals surface area (Å²) >= 11 is 3.44. The second-order valence-electron chi connectivity index (χ2n) is 9.12. The summed E-state index contributed by atoms with van der Waals surface area (Å²) in [5, 5.41) is 3.05. The third kappa shape index (κ3) is 7.61. The highest BCUT2D eigenvalue weighted by Crippen LogP contribution is 2.33. The van der Waals surface area contributed by atoms with Crippen molar-refractivity contribution < 1.29 is 27.5 Å². The molecule has 0 spiro atoms. The highest BCUT2D eigenvalue weighted by molar-refractivity contribution is 9.10. The van der Waals surface area contributed by atoms with Gasteiger partial charge in [0.1, 0.15) is 24.1 Å². The standard InChI is InChI=1S/C26H34BrN3O6S/c1-18(26(32)28-21-10-5-6-11-21)29(16-19-8-7-9-20(27)14-19)25(31)17-30(37(4,33)34)23-13-12-22(35-2)15-24(23)36-3/h7-9,12-15,18,21H,5-6,10-11,16-17H2,1-4H3,(H,28,32). The minimum atomic E-state index is -3.89. The zero-order chi connectivity index (χ0) is 27.2. The van der Waals surface area contributed by atoms with Crippen molar-refractivity contribution in [1.82, 2.24) is 10.2 Å². The van der Waals surface area contributed by atoms with E-state index in [1.54, 1.807) is 19.1 Å². The van der Waals surface area contributed by atoms with Gasteiger partial charge >= 0.3 is 0 Å². The van der Waals surface area contributed by atoms with Gasteiger partial charge in [-0.2, -0.15) is 0 Å². The van der Waals surface area contributed by atoms with Crippen molar-refractivity contribution in [2.45, 2.75) is 51.2 Å². The average Bonchev–Trinajstić information content (AvgIpc) is 3.37. The molecule has 1 unspecified atom stereocenters. The molecule has 202 valence electrons. The number of methoxy groups -OCH3 is 2. The van der Waals surface area contributed by atoms with Crippen molar-refractivity contribution in [2.24, 2.45) is 0 Å². The first-order valence-electron chi connectivity index (χ1n) is 12.1. The summed E-state index contributed by atoms with van der Waals surface area (Å²) in [6.07, 6.45) is 4.98. The van der Waals surface area contributed by atoms with Gasteiger partial charge in [-0.25, -0.2) is 8.42 Å². The molecule has 2 aromatic carbocycles. The molecular formula is C26H34BrN3O6S. The number of carbonyl (C=O) groups excluding carboxylic acids is 2. The van der Waals surface area contributed by atoms with Crippen LogP contribution in [0.2, 0.25) is 0 Å². The molecule has 3 rings (SSSR count). The number of carbonyl (C=O) groups is 2. The Kier molecular flexibility index (Phi) is 9.83. The fourth-order valence-corrected chi connectivity index (χ4v) is 5.69. The predicted molar refractivity (Wildman–Crippen MR) is 146 cm³/mol. The molecule has 1 aliphatic rings. The minimum absolute atomic E-state index is 0.0915. The first kappa shape index (κ1) is 28.8. The molecule has 9 nitrogen and oxygen atoms in total. The summed E-state index contributed by atoms with van der Waals surface area (Å²) < 4.78 is 38.1. The van der Waals surface area contributed by atoms with Gasteiger partial charge in [0.25, 0.3) is 0 Å². The van der Waals surface area contributed by atoms with Gasteiger partial charge in [0.2, 0.25) is 21.8 Å². The molecular weight excluding hydrogens is 562 g/mol. The van der Waals surface area contributed by atoms with Crippen molar-refractivity contribution in [3.05, 3.63) is 52.5 Å². The molecule has 0 heterocycles. The molecule has 0 bridgehead atoms. The third-order valence-electron chi connectivity index (χ3n) is 6.45. The van der Waals surface area contributed by atoms with E-state index in [4.69, 9.17) is 9.47 Å². The molecule has 37 heavy (non-hydrogen) atoms. The lowest BCUT2D eigenvalue weighted by molar-refractivity contribution is -0.139. The predicted octanol–water partition coefficient (Wildman–Crippen LogP) is 3.71. The second kappa shape index (κ2) is 12.6. The maximum atomic E-state index is 13.7. The molecule has 1 saturated carbocycles. The van der Waals surface area contributed by atoms with Crippen molar-refractivity contribution >= 4 is 43.5 Å². The Morgan fingerprint density at radius 1 is 1.11 bits per heavy atom. The Balaban J connectivity index is 1.93. The maximum Gasteiger partial charge on any atom is 0.244 e. The average molecular weight is 597 g/mol. The number of nitrogens with one attached hydrogen (secondary N) is 1. The van der Waals surface area contributed by atoms with Gasteiger partial charge in [-0.1, -0.05) is 40.9 Å². The van der Waals surface area contributed by atoms with E-state index in [0.29, 0.717) is 5.75 Å². The molecule has 0 aliphatic heterocycles. The summed E-state index contributed by atoms with van der Waals surface area (Å²) in [5.41, 5.74) is 1.00. The van der Waals surface area contributed by atoms with Crippen LogP contribution in [0, 0.1) is 0 Å². The van der Waals surface area contributed by atoms with Crippen LogP contribution in [-0.4, -0.2) is 64.2 Å². The van der Waals surface area contributed by atoms with Crippen LogP contribution in [0.1, 0.15) is 38.2 Å².